The standard InChI is InChI=1S/C19H31N7O2.HI/c1-4-15-14(16(5-2)28-24-15)13-22-18(20-3)21-10-8-12-26-19(27)25-11-7-6-9-17(25)23-26;/h4-13H2,1-3H3,(H2,20,21,22);1H. The van der Waals surface area contributed by atoms with Gasteiger partial charge in [-0.15, -0.1) is 24.0 Å². The lowest BCUT2D eigenvalue weighted by molar-refractivity contribution is 0.380. The smallest absolute Gasteiger partial charge is 0.345 e. The minimum absolute atomic E-state index is 0. The van der Waals surface area contributed by atoms with Crippen molar-refractivity contribution in [2.24, 2.45) is 4.99 Å². The molecule has 0 aliphatic carbocycles. The number of nitrogens with zero attached hydrogens (tertiary/aromatic N) is 5. The van der Waals surface area contributed by atoms with Crippen molar-refractivity contribution in [2.75, 3.05) is 13.6 Å². The average Bonchev–Trinajstić information content (AvgIpc) is 3.28. The fourth-order valence-electron chi connectivity index (χ4n) is 3.56. The molecule has 0 aromatic carbocycles. The molecule has 0 bridgehead atoms. The monoisotopic (exact) mass is 517 g/mol. The zero-order chi connectivity index (χ0) is 19.9. The minimum Gasteiger partial charge on any atom is -0.361 e. The van der Waals surface area contributed by atoms with Gasteiger partial charge in [0.2, 0.25) is 0 Å². The van der Waals surface area contributed by atoms with Gasteiger partial charge < -0.3 is 15.2 Å². The maximum Gasteiger partial charge on any atom is 0.345 e. The number of hydrogen-bond acceptors (Lipinski definition) is 5. The molecule has 0 saturated carbocycles. The van der Waals surface area contributed by atoms with Gasteiger partial charge in [-0.3, -0.25) is 9.56 Å². The second-order valence-electron chi connectivity index (χ2n) is 6.97. The van der Waals surface area contributed by atoms with E-state index in [1.807, 2.05) is 4.57 Å². The number of hydrogen-bond donors (Lipinski definition) is 2. The number of rotatable bonds is 8. The quantitative estimate of drug-likeness (QED) is 0.240. The molecule has 0 amide bonds. The summed E-state index contributed by atoms with van der Waals surface area (Å²) in [4.78, 5) is 16.6. The number of aryl methyl sites for hydroxylation is 4. The number of aromatic nitrogens is 4. The third-order valence-electron chi connectivity index (χ3n) is 5.13. The number of fused-ring (bicyclic) bond motifs is 1. The van der Waals surface area contributed by atoms with Gasteiger partial charge in [-0.2, -0.15) is 5.10 Å². The Hall–Kier alpha value is -1.85. The molecule has 3 rings (SSSR count). The van der Waals surface area contributed by atoms with Crippen LogP contribution in [0.2, 0.25) is 0 Å². The van der Waals surface area contributed by atoms with Gasteiger partial charge in [-0.25, -0.2) is 9.48 Å². The topological polar surface area (TPSA) is 102 Å². The molecular weight excluding hydrogens is 485 g/mol. The summed E-state index contributed by atoms with van der Waals surface area (Å²) in [5.41, 5.74) is 2.12. The Labute approximate surface area is 188 Å². The minimum atomic E-state index is 0. The highest BCUT2D eigenvalue weighted by Crippen LogP contribution is 2.15. The van der Waals surface area contributed by atoms with Crippen LogP contribution in [0.1, 0.15) is 56.0 Å². The van der Waals surface area contributed by atoms with E-state index in [1.165, 1.54) is 0 Å². The Morgan fingerprint density at radius 2 is 2.07 bits per heavy atom. The first-order chi connectivity index (χ1) is 13.7. The molecule has 9 nitrogen and oxygen atoms in total. The Morgan fingerprint density at radius 3 is 2.76 bits per heavy atom. The van der Waals surface area contributed by atoms with Crippen LogP contribution >= 0.6 is 24.0 Å². The van der Waals surface area contributed by atoms with Gasteiger partial charge in [0.25, 0.3) is 0 Å². The highest BCUT2D eigenvalue weighted by atomic mass is 127. The van der Waals surface area contributed by atoms with E-state index in [9.17, 15) is 4.79 Å². The number of nitrogens with one attached hydrogen (secondary N) is 2. The van der Waals surface area contributed by atoms with E-state index in [0.29, 0.717) is 19.6 Å². The first-order valence-corrected chi connectivity index (χ1v) is 10.2. The molecule has 0 spiro atoms. The summed E-state index contributed by atoms with van der Waals surface area (Å²) in [6.45, 7) is 6.87. The molecule has 1 aliphatic rings. The lowest BCUT2D eigenvalue weighted by atomic mass is 10.1. The van der Waals surface area contributed by atoms with Crippen molar-refractivity contribution in [3.05, 3.63) is 33.3 Å². The van der Waals surface area contributed by atoms with Gasteiger partial charge in [0.1, 0.15) is 11.6 Å². The largest absolute Gasteiger partial charge is 0.361 e. The first kappa shape index (κ1) is 23.4. The maximum absolute atomic E-state index is 12.3. The molecular formula is C19H32IN7O2. The summed E-state index contributed by atoms with van der Waals surface area (Å²) in [5, 5.41) is 15.2. The molecule has 10 heteroatoms. The molecule has 0 radical (unpaired) electrons. The lowest BCUT2D eigenvalue weighted by Crippen LogP contribution is -2.38. The normalized spacial score (nSPS) is 13.7. The van der Waals surface area contributed by atoms with Crippen molar-refractivity contribution in [1.82, 2.24) is 30.1 Å². The molecule has 1 aliphatic heterocycles. The van der Waals surface area contributed by atoms with Crippen molar-refractivity contribution >= 4 is 29.9 Å². The zero-order valence-electron chi connectivity index (χ0n) is 17.5. The van der Waals surface area contributed by atoms with Gasteiger partial charge in [0.15, 0.2) is 5.96 Å². The van der Waals surface area contributed by atoms with Crippen LogP contribution in [0.3, 0.4) is 0 Å². The Morgan fingerprint density at radius 1 is 1.24 bits per heavy atom. The average molecular weight is 517 g/mol. The summed E-state index contributed by atoms with van der Waals surface area (Å²) in [6.07, 6.45) is 5.54. The number of aliphatic imine (C=N–C) groups is 1. The van der Waals surface area contributed by atoms with Crippen molar-refractivity contribution in [3.63, 3.8) is 0 Å². The van der Waals surface area contributed by atoms with Crippen LogP contribution < -0.4 is 16.3 Å². The van der Waals surface area contributed by atoms with Crippen LogP contribution in [0.4, 0.5) is 0 Å². The van der Waals surface area contributed by atoms with Crippen LogP contribution in [-0.4, -0.2) is 39.1 Å². The zero-order valence-corrected chi connectivity index (χ0v) is 19.9. The SMILES string of the molecule is CCc1noc(CC)c1CNC(=NC)NCCCn1nc2n(c1=O)CCCC2.I. The van der Waals surface area contributed by atoms with Crippen molar-refractivity contribution in [3.8, 4) is 0 Å². The van der Waals surface area contributed by atoms with E-state index in [-0.39, 0.29) is 29.7 Å². The Balaban J connectivity index is 0.00000300. The van der Waals surface area contributed by atoms with E-state index < -0.39 is 0 Å². The van der Waals surface area contributed by atoms with Crippen LogP contribution in [0.25, 0.3) is 0 Å². The molecule has 0 unspecified atom stereocenters. The molecule has 162 valence electrons. The summed E-state index contributed by atoms with van der Waals surface area (Å²) in [7, 11) is 1.75. The van der Waals surface area contributed by atoms with E-state index in [4.69, 9.17) is 4.52 Å². The fourth-order valence-corrected chi connectivity index (χ4v) is 3.56. The van der Waals surface area contributed by atoms with E-state index in [1.54, 1.807) is 11.7 Å². The number of guanidine groups is 1. The van der Waals surface area contributed by atoms with Gasteiger partial charge in [-0.1, -0.05) is 19.0 Å². The van der Waals surface area contributed by atoms with Gasteiger partial charge in [0, 0.05) is 51.6 Å². The Bertz CT molecular complexity index is 847. The third-order valence-corrected chi connectivity index (χ3v) is 5.13. The highest BCUT2D eigenvalue weighted by Gasteiger charge is 2.16. The molecule has 3 heterocycles. The third kappa shape index (κ3) is 5.61. The van der Waals surface area contributed by atoms with E-state index >= 15 is 0 Å². The highest BCUT2D eigenvalue weighted by molar-refractivity contribution is 14.0. The summed E-state index contributed by atoms with van der Waals surface area (Å²) in [5.74, 6) is 2.57. The van der Waals surface area contributed by atoms with E-state index in [0.717, 1.165) is 73.9 Å². The molecule has 0 fully saturated rings. The van der Waals surface area contributed by atoms with Crippen LogP contribution in [0, 0.1) is 0 Å². The van der Waals surface area contributed by atoms with Gasteiger partial charge in [-0.05, 0) is 25.7 Å². The molecule has 2 N–H and O–H groups in total. The lowest BCUT2D eigenvalue weighted by Gasteiger charge is -2.12. The maximum atomic E-state index is 12.3. The predicted octanol–water partition coefficient (Wildman–Crippen LogP) is 1.87. The van der Waals surface area contributed by atoms with Crippen LogP contribution in [-0.2, 0) is 38.9 Å². The number of halogens is 1. The van der Waals surface area contributed by atoms with Crippen molar-refractivity contribution in [1.29, 1.82) is 0 Å². The predicted molar refractivity (Wildman–Crippen MR) is 123 cm³/mol. The first-order valence-electron chi connectivity index (χ1n) is 10.2. The Kier molecular flexibility index (Phi) is 9.18. The molecule has 0 saturated heterocycles. The summed E-state index contributed by atoms with van der Waals surface area (Å²) >= 11 is 0. The molecule has 2 aromatic heterocycles. The fraction of sp³-hybridized carbons (Fsp3) is 0.684. The molecule has 2 aromatic rings. The summed E-state index contributed by atoms with van der Waals surface area (Å²) < 4.78 is 8.81. The molecule has 29 heavy (non-hydrogen) atoms. The molecule has 0 atom stereocenters. The van der Waals surface area contributed by atoms with Gasteiger partial charge >= 0.3 is 5.69 Å². The van der Waals surface area contributed by atoms with E-state index in [2.05, 4.69) is 39.7 Å². The van der Waals surface area contributed by atoms with Crippen LogP contribution in [0.5, 0.6) is 0 Å². The van der Waals surface area contributed by atoms with Gasteiger partial charge in [0.05, 0.1) is 5.69 Å². The van der Waals surface area contributed by atoms with Crippen molar-refractivity contribution < 1.29 is 4.52 Å². The van der Waals surface area contributed by atoms with Crippen molar-refractivity contribution in [2.45, 2.75) is 72.0 Å². The summed E-state index contributed by atoms with van der Waals surface area (Å²) in [6, 6.07) is 0. The van der Waals surface area contributed by atoms with Crippen LogP contribution in [0.15, 0.2) is 14.3 Å². The second-order valence-corrected chi connectivity index (χ2v) is 6.97. The second kappa shape index (κ2) is 11.4.